The molecule has 118 valence electrons. The van der Waals surface area contributed by atoms with E-state index in [0.717, 1.165) is 11.1 Å². The van der Waals surface area contributed by atoms with Gasteiger partial charge in [0, 0.05) is 19.6 Å². The Kier molecular flexibility index (Phi) is 5.03. The third kappa shape index (κ3) is 4.50. The second-order valence-electron chi connectivity index (χ2n) is 5.16. The standard InChI is InChI=1S/C13H20N2O4S2/c1-14-10-12-3-2-4-13(9-12)11-21(18,19)15-5-7-20(16,17)8-6-15/h2-4,9,14H,5-8,10-11H2,1H3. The van der Waals surface area contributed by atoms with Gasteiger partial charge in [-0.2, -0.15) is 4.31 Å². The number of hydrogen-bond acceptors (Lipinski definition) is 5. The van der Waals surface area contributed by atoms with Gasteiger partial charge in [0.05, 0.1) is 17.3 Å². The van der Waals surface area contributed by atoms with E-state index < -0.39 is 19.9 Å². The molecule has 0 saturated carbocycles. The predicted octanol–water partition coefficient (Wildman–Crippen LogP) is -0.0338. The molecule has 1 aliphatic rings. The van der Waals surface area contributed by atoms with Gasteiger partial charge in [-0.1, -0.05) is 24.3 Å². The van der Waals surface area contributed by atoms with Crippen molar-refractivity contribution < 1.29 is 16.8 Å². The van der Waals surface area contributed by atoms with Crippen molar-refractivity contribution in [1.29, 1.82) is 0 Å². The highest BCUT2D eigenvalue weighted by Crippen LogP contribution is 2.15. The average molecular weight is 332 g/mol. The molecule has 0 amide bonds. The van der Waals surface area contributed by atoms with Gasteiger partial charge in [0.1, 0.15) is 0 Å². The van der Waals surface area contributed by atoms with E-state index in [9.17, 15) is 16.8 Å². The molecule has 2 rings (SSSR count). The molecule has 0 radical (unpaired) electrons. The molecule has 1 N–H and O–H groups in total. The Balaban J connectivity index is 2.09. The SMILES string of the molecule is CNCc1cccc(CS(=O)(=O)N2CCS(=O)(=O)CC2)c1. The molecule has 0 aliphatic carbocycles. The highest BCUT2D eigenvalue weighted by molar-refractivity contribution is 7.92. The lowest BCUT2D eigenvalue weighted by atomic mass is 10.1. The van der Waals surface area contributed by atoms with Crippen molar-refractivity contribution in [2.75, 3.05) is 31.6 Å². The molecule has 1 heterocycles. The third-order valence-electron chi connectivity index (χ3n) is 3.42. The maximum absolute atomic E-state index is 12.4. The van der Waals surface area contributed by atoms with Crippen LogP contribution in [0, 0.1) is 0 Å². The minimum Gasteiger partial charge on any atom is -0.316 e. The van der Waals surface area contributed by atoms with Crippen LogP contribution in [0.3, 0.4) is 0 Å². The molecule has 21 heavy (non-hydrogen) atoms. The highest BCUT2D eigenvalue weighted by atomic mass is 32.2. The molecular formula is C13H20N2O4S2. The summed E-state index contributed by atoms with van der Waals surface area (Å²) in [6.07, 6.45) is 0. The average Bonchev–Trinajstić information content (AvgIpc) is 2.38. The van der Waals surface area contributed by atoms with Crippen LogP contribution in [0.1, 0.15) is 11.1 Å². The lowest BCUT2D eigenvalue weighted by Crippen LogP contribution is -2.44. The van der Waals surface area contributed by atoms with Crippen LogP contribution >= 0.6 is 0 Å². The molecule has 6 nitrogen and oxygen atoms in total. The second kappa shape index (κ2) is 6.43. The number of nitrogens with zero attached hydrogens (tertiary/aromatic N) is 1. The molecule has 0 unspecified atom stereocenters. The minimum absolute atomic E-state index is 0.0564. The monoisotopic (exact) mass is 332 g/mol. The maximum Gasteiger partial charge on any atom is 0.218 e. The van der Waals surface area contributed by atoms with Crippen LogP contribution in [0.5, 0.6) is 0 Å². The first kappa shape index (κ1) is 16.4. The zero-order valence-corrected chi connectivity index (χ0v) is 13.6. The molecule has 1 aromatic rings. The quantitative estimate of drug-likeness (QED) is 0.818. The Morgan fingerprint density at radius 2 is 1.81 bits per heavy atom. The lowest BCUT2D eigenvalue weighted by molar-refractivity contribution is 0.430. The van der Waals surface area contributed by atoms with Gasteiger partial charge in [-0.15, -0.1) is 0 Å². The van der Waals surface area contributed by atoms with Crippen LogP contribution < -0.4 is 5.32 Å². The summed E-state index contributed by atoms with van der Waals surface area (Å²) in [5.74, 6) is -0.275. The molecule has 1 aromatic carbocycles. The van der Waals surface area contributed by atoms with E-state index in [2.05, 4.69) is 5.32 Å². The molecule has 1 fully saturated rings. The van der Waals surface area contributed by atoms with Gasteiger partial charge in [-0.25, -0.2) is 16.8 Å². The van der Waals surface area contributed by atoms with Gasteiger partial charge in [0.15, 0.2) is 9.84 Å². The van der Waals surface area contributed by atoms with E-state index >= 15 is 0 Å². The van der Waals surface area contributed by atoms with Crippen LogP contribution in [0.15, 0.2) is 24.3 Å². The van der Waals surface area contributed by atoms with E-state index in [1.165, 1.54) is 4.31 Å². The minimum atomic E-state index is -3.47. The summed E-state index contributed by atoms with van der Waals surface area (Å²) < 4.78 is 48.7. The largest absolute Gasteiger partial charge is 0.316 e. The first-order valence-corrected chi connectivity index (χ1v) is 10.2. The third-order valence-corrected chi connectivity index (χ3v) is 6.88. The van der Waals surface area contributed by atoms with Gasteiger partial charge in [-0.3, -0.25) is 0 Å². The van der Waals surface area contributed by atoms with Crippen molar-refractivity contribution in [1.82, 2.24) is 9.62 Å². The molecule has 0 aromatic heterocycles. The number of nitrogens with one attached hydrogen (secondary N) is 1. The molecule has 1 aliphatic heterocycles. The van der Waals surface area contributed by atoms with Crippen molar-refractivity contribution in [2.45, 2.75) is 12.3 Å². The number of rotatable bonds is 5. The summed E-state index contributed by atoms with van der Waals surface area (Å²) in [7, 11) is -4.72. The van der Waals surface area contributed by atoms with E-state index in [-0.39, 0.29) is 30.3 Å². The maximum atomic E-state index is 12.4. The Labute approximate surface area is 126 Å². The molecule has 0 spiro atoms. The zero-order chi connectivity index (χ0) is 15.5. The summed E-state index contributed by atoms with van der Waals surface area (Å²) in [6.45, 7) is 0.789. The summed E-state index contributed by atoms with van der Waals surface area (Å²) >= 11 is 0. The number of hydrogen-bond donors (Lipinski definition) is 1. The Morgan fingerprint density at radius 3 is 2.43 bits per heavy atom. The first-order chi connectivity index (χ1) is 9.82. The van der Waals surface area contributed by atoms with Crippen molar-refractivity contribution in [3.05, 3.63) is 35.4 Å². The van der Waals surface area contributed by atoms with Crippen molar-refractivity contribution in [3.8, 4) is 0 Å². The van der Waals surface area contributed by atoms with Gasteiger partial charge < -0.3 is 5.32 Å². The molecule has 0 atom stereocenters. The van der Waals surface area contributed by atoms with Crippen molar-refractivity contribution in [2.24, 2.45) is 0 Å². The van der Waals surface area contributed by atoms with Crippen molar-refractivity contribution >= 4 is 19.9 Å². The fourth-order valence-electron chi connectivity index (χ4n) is 2.31. The lowest BCUT2D eigenvalue weighted by Gasteiger charge is -2.26. The summed E-state index contributed by atoms with van der Waals surface area (Å²) in [5.41, 5.74) is 1.74. The zero-order valence-electron chi connectivity index (χ0n) is 11.9. The number of sulfonamides is 1. The van der Waals surface area contributed by atoms with Gasteiger partial charge in [-0.05, 0) is 18.2 Å². The van der Waals surface area contributed by atoms with Crippen LogP contribution in [-0.4, -0.2) is 52.8 Å². The predicted molar refractivity (Wildman–Crippen MR) is 82.1 cm³/mol. The van der Waals surface area contributed by atoms with E-state index in [0.29, 0.717) is 6.54 Å². The fraction of sp³-hybridized carbons (Fsp3) is 0.538. The van der Waals surface area contributed by atoms with Gasteiger partial charge in [0.25, 0.3) is 0 Å². The fourth-order valence-corrected chi connectivity index (χ4v) is 5.26. The van der Waals surface area contributed by atoms with Crippen LogP contribution in [0.25, 0.3) is 0 Å². The Bertz CT molecular complexity index is 685. The number of benzene rings is 1. The van der Waals surface area contributed by atoms with Gasteiger partial charge in [0.2, 0.25) is 10.0 Å². The molecule has 8 heteroatoms. The van der Waals surface area contributed by atoms with Crippen molar-refractivity contribution in [3.63, 3.8) is 0 Å². The normalized spacial score (nSPS) is 19.5. The first-order valence-electron chi connectivity index (χ1n) is 6.73. The Morgan fingerprint density at radius 1 is 1.19 bits per heavy atom. The van der Waals surface area contributed by atoms with Crippen LogP contribution in [-0.2, 0) is 32.2 Å². The summed E-state index contributed by atoms with van der Waals surface area (Å²) in [4.78, 5) is 0. The molecular weight excluding hydrogens is 312 g/mol. The summed E-state index contributed by atoms with van der Waals surface area (Å²) in [5, 5.41) is 3.02. The van der Waals surface area contributed by atoms with E-state index in [1.807, 2.05) is 25.2 Å². The smallest absolute Gasteiger partial charge is 0.218 e. The summed E-state index contributed by atoms with van der Waals surface area (Å²) in [6, 6.07) is 7.39. The second-order valence-corrected chi connectivity index (χ2v) is 9.43. The van der Waals surface area contributed by atoms with Gasteiger partial charge >= 0.3 is 0 Å². The van der Waals surface area contributed by atoms with Crippen LogP contribution in [0.4, 0.5) is 0 Å². The topological polar surface area (TPSA) is 83.6 Å². The van der Waals surface area contributed by atoms with E-state index in [4.69, 9.17) is 0 Å². The molecule has 1 saturated heterocycles. The van der Waals surface area contributed by atoms with E-state index in [1.54, 1.807) is 6.07 Å². The number of sulfone groups is 1. The Hall–Kier alpha value is -0.960. The molecule has 0 bridgehead atoms. The van der Waals surface area contributed by atoms with Crippen LogP contribution in [0.2, 0.25) is 0 Å². The highest BCUT2D eigenvalue weighted by Gasteiger charge is 2.29.